The van der Waals surface area contributed by atoms with Crippen molar-refractivity contribution in [1.82, 2.24) is 10.6 Å². The topological polar surface area (TPSA) is 62.0 Å². The smallest absolute Gasteiger partial charge is 0.191 e. The van der Waals surface area contributed by atoms with E-state index >= 15 is 0 Å². The average molecular weight is 456 g/mol. The molecule has 136 valence electrons. The molecule has 1 aliphatic rings. The Bertz CT molecular complexity index is 638. The van der Waals surface area contributed by atoms with Gasteiger partial charge in [0.25, 0.3) is 0 Å². The molecule has 0 spiro atoms. The molecule has 1 fully saturated rings. The number of hydrogen-bond donors (Lipinski definition) is 2. The van der Waals surface area contributed by atoms with E-state index in [1.165, 1.54) is 11.3 Å². The Hall–Kier alpha value is -1.74. The standard InChI is InChI=1S/C18H24N4O2.HI/c1-19-18(21-14-17-3-2-10-24-17)20-13-15-4-6-16(7-5-15)22-8-11-23-12-9-22;/h2-7,10H,8-9,11-14H2,1H3,(H2,19,20,21);1H. The molecule has 3 rings (SSSR count). The van der Waals surface area contributed by atoms with Crippen molar-refractivity contribution in [2.24, 2.45) is 4.99 Å². The van der Waals surface area contributed by atoms with Crippen molar-refractivity contribution in [2.75, 3.05) is 38.3 Å². The predicted molar refractivity (Wildman–Crippen MR) is 111 cm³/mol. The van der Waals surface area contributed by atoms with E-state index in [2.05, 4.69) is 44.8 Å². The molecule has 0 atom stereocenters. The fourth-order valence-corrected chi connectivity index (χ4v) is 2.64. The third-order valence-corrected chi connectivity index (χ3v) is 4.01. The Kier molecular flexibility index (Phi) is 8.07. The largest absolute Gasteiger partial charge is 0.467 e. The van der Waals surface area contributed by atoms with Gasteiger partial charge in [0.1, 0.15) is 5.76 Å². The van der Waals surface area contributed by atoms with Crippen LogP contribution < -0.4 is 15.5 Å². The van der Waals surface area contributed by atoms with Crippen LogP contribution in [0.1, 0.15) is 11.3 Å². The highest BCUT2D eigenvalue weighted by Gasteiger charge is 2.10. The van der Waals surface area contributed by atoms with Crippen molar-refractivity contribution in [2.45, 2.75) is 13.1 Å². The van der Waals surface area contributed by atoms with Crippen LogP contribution in [-0.2, 0) is 17.8 Å². The van der Waals surface area contributed by atoms with Gasteiger partial charge in [-0.1, -0.05) is 12.1 Å². The lowest BCUT2D eigenvalue weighted by Crippen LogP contribution is -2.36. The van der Waals surface area contributed by atoms with Gasteiger partial charge in [-0.3, -0.25) is 4.99 Å². The molecule has 0 radical (unpaired) electrons. The van der Waals surface area contributed by atoms with Gasteiger partial charge in [-0.15, -0.1) is 24.0 Å². The first-order valence-corrected chi connectivity index (χ1v) is 8.23. The Labute approximate surface area is 165 Å². The summed E-state index contributed by atoms with van der Waals surface area (Å²) in [4.78, 5) is 6.58. The number of hydrogen-bond acceptors (Lipinski definition) is 4. The summed E-state index contributed by atoms with van der Waals surface area (Å²) < 4.78 is 10.7. The second kappa shape index (κ2) is 10.3. The van der Waals surface area contributed by atoms with Gasteiger partial charge in [0.15, 0.2) is 5.96 Å². The lowest BCUT2D eigenvalue weighted by Gasteiger charge is -2.28. The van der Waals surface area contributed by atoms with Crippen LogP contribution in [0.25, 0.3) is 0 Å². The van der Waals surface area contributed by atoms with E-state index < -0.39 is 0 Å². The van der Waals surface area contributed by atoms with Gasteiger partial charge < -0.3 is 24.7 Å². The number of nitrogens with one attached hydrogen (secondary N) is 2. The zero-order valence-electron chi connectivity index (χ0n) is 14.4. The maximum absolute atomic E-state index is 5.39. The van der Waals surface area contributed by atoms with Crippen LogP contribution in [0.2, 0.25) is 0 Å². The molecular formula is C18H25IN4O2. The number of anilines is 1. The highest BCUT2D eigenvalue weighted by atomic mass is 127. The van der Waals surface area contributed by atoms with Crippen molar-refractivity contribution in [3.8, 4) is 0 Å². The number of ether oxygens (including phenoxy) is 1. The fourth-order valence-electron chi connectivity index (χ4n) is 2.64. The number of morpholine rings is 1. The summed E-state index contributed by atoms with van der Waals surface area (Å²) in [5, 5.41) is 6.54. The zero-order chi connectivity index (χ0) is 16.6. The minimum Gasteiger partial charge on any atom is -0.467 e. The van der Waals surface area contributed by atoms with Crippen molar-refractivity contribution >= 4 is 35.6 Å². The number of aliphatic imine (C=N–C) groups is 1. The summed E-state index contributed by atoms with van der Waals surface area (Å²) in [6.07, 6.45) is 1.67. The summed E-state index contributed by atoms with van der Waals surface area (Å²) in [7, 11) is 1.76. The third kappa shape index (κ3) is 5.93. The first-order valence-electron chi connectivity index (χ1n) is 8.23. The summed E-state index contributed by atoms with van der Waals surface area (Å²) in [6, 6.07) is 12.5. The first kappa shape index (κ1) is 19.6. The maximum Gasteiger partial charge on any atom is 0.191 e. The van der Waals surface area contributed by atoms with Gasteiger partial charge in [0.05, 0.1) is 26.0 Å². The monoisotopic (exact) mass is 456 g/mol. The minimum absolute atomic E-state index is 0. The third-order valence-electron chi connectivity index (χ3n) is 4.01. The molecule has 25 heavy (non-hydrogen) atoms. The van der Waals surface area contributed by atoms with Gasteiger partial charge >= 0.3 is 0 Å². The van der Waals surface area contributed by atoms with Crippen LogP contribution in [0.5, 0.6) is 0 Å². The lowest BCUT2D eigenvalue weighted by atomic mass is 10.2. The van der Waals surface area contributed by atoms with E-state index in [0.717, 1.165) is 44.6 Å². The predicted octanol–water partition coefficient (Wildman–Crippen LogP) is 2.60. The molecule has 6 nitrogen and oxygen atoms in total. The number of furan rings is 1. The molecular weight excluding hydrogens is 431 g/mol. The number of nitrogens with zero attached hydrogens (tertiary/aromatic N) is 2. The number of halogens is 1. The molecule has 2 heterocycles. The van der Waals surface area contributed by atoms with Crippen LogP contribution in [0.4, 0.5) is 5.69 Å². The molecule has 0 amide bonds. The molecule has 1 aliphatic heterocycles. The second-order valence-corrected chi connectivity index (χ2v) is 5.62. The molecule has 0 bridgehead atoms. The van der Waals surface area contributed by atoms with Crippen molar-refractivity contribution in [3.63, 3.8) is 0 Å². The Balaban J connectivity index is 0.00000225. The highest BCUT2D eigenvalue weighted by molar-refractivity contribution is 14.0. The van der Waals surface area contributed by atoms with Crippen LogP contribution in [0.15, 0.2) is 52.1 Å². The molecule has 2 aromatic rings. The quantitative estimate of drug-likeness (QED) is 0.412. The van der Waals surface area contributed by atoms with Gasteiger partial charge in [-0.05, 0) is 29.8 Å². The van der Waals surface area contributed by atoms with E-state index in [0.29, 0.717) is 6.54 Å². The first-order chi connectivity index (χ1) is 11.8. The molecule has 1 aromatic heterocycles. The number of benzene rings is 1. The molecule has 0 unspecified atom stereocenters. The van der Waals surface area contributed by atoms with Crippen molar-refractivity contribution in [1.29, 1.82) is 0 Å². The van der Waals surface area contributed by atoms with E-state index in [1.54, 1.807) is 13.3 Å². The van der Waals surface area contributed by atoms with E-state index in [-0.39, 0.29) is 24.0 Å². The van der Waals surface area contributed by atoms with Gasteiger partial charge in [-0.2, -0.15) is 0 Å². The minimum atomic E-state index is 0. The van der Waals surface area contributed by atoms with E-state index in [1.807, 2.05) is 12.1 Å². The van der Waals surface area contributed by atoms with Crippen LogP contribution in [0.3, 0.4) is 0 Å². The second-order valence-electron chi connectivity index (χ2n) is 5.62. The van der Waals surface area contributed by atoms with Crippen molar-refractivity contribution in [3.05, 3.63) is 54.0 Å². The molecule has 1 saturated heterocycles. The molecule has 7 heteroatoms. The van der Waals surface area contributed by atoms with E-state index in [4.69, 9.17) is 9.15 Å². The van der Waals surface area contributed by atoms with Crippen LogP contribution in [0, 0.1) is 0 Å². The summed E-state index contributed by atoms with van der Waals surface area (Å²) in [5.74, 6) is 1.64. The molecule has 0 aliphatic carbocycles. The van der Waals surface area contributed by atoms with Crippen molar-refractivity contribution < 1.29 is 9.15 Å². The summed E-state index contributed by atoms with van der Waals surface area (Å²) in [6.45, 7) is 4.87. The fraction of sp³-hybridized carbons (Fsp3) is 0.389. The highest BCUT2D eigenvalue weighted by Crippen LogP contribution is 2.16. The number of rotatable bonds is 5. The lowest BCUT2D eigenvalue weighted by molar-refractivity contribution is 0.122. The summed E-state index contributed by atoms with van der Waals surface area (Å²) in [5.41, 5.74) is 2.47. The van der Waals surface area contributed by atoms with Gasteiger partial charge in [-0.25, -0.2) is 0 Å². The molecule has 0 saturated carbocycles. The average Bonchev–Trinajstić information content (AvgIpc) is 3.17. The molecule has 2 N–H and O–H groups in total. The summed E-state index contributed by atoms with van der Waals surface area (Å²) >= 11 is 0. The van der Waals surface area contributed by atoms with Gasteiger partial charge in [0.2, 0.25) is 0 Å². The van der Waals surface area contributed by atoms with Gasteiger partial charge in [0, 0.05) is 32.4 Å². The van der Waals surface area contributed by atoms with Crippen LogP contribution >= 0.6 is 24.0 Å². The van der Waals surface area contributed by atoms with Crippen LogP contribution in [-0.4, -0.2) is 39.3 Å². The Morgan fingerprint density at radius 3 is 2.44 bits per heavy atom. The number of guanidine groups is 1. The Morgan fingerprint density at radius 2 is 1.80 bits per heavy atom. The Morgan fingerprint density at radius 1 is 1.08 bits per heavy atom. The molecule has 1 aromatic carbocycles. The van der Waals surface area contributed by atoms with E-state index in [9.17, 15) is 0 Å². The zero-order valence-corrected chi connectivity index (χ0v) is 16.7. The SMILES string of the molecule is CN=C(NCc1ccc(N2CCOCC2)cc1)NCc1ccco1.I. The maximum atomic E-state index is 5.39. The normalized spacial score (nSPS) is 14.8.